The number of carboxylic acid groups (broad SMARTS) is 2. The highest BCUT2D eigenvalue weighted by Crippen LogP contribution is 2.36. The van der Waals surface area contributed by atoms with Gasteiger partial charge in [-0.1, -0.05) is 181 Å². The van der Waals surface area contributed by atoms with Crippen molar-refractivity contribution in [2.45, 2.75) is 199 Å². The molecule has 0 bridgehead atoms. The fourth-order valence-corrected chi connectivity index (χ4v) is 9.81. The first-order chi connectivity index (χ1) is 27.5. The molecular formula is C49H80O6S2. The fraction of sp³-hybridized carbons (Fsp3) is 0.714. The molecule has 0 aliphatic heterocycles. The van der Waals surface area contributed by atoms with Gasteiger partial charge in [-0.3, -0.25) is 0 Å². The van der Waals surface area contributed by atoms with Crippen LogP contribution in [0.5, 0.6) is 11.5 Å². The van der Waals surface area contributed by atoms with E-state index in [0.717, 1.165) is 35.5 Å². The Labute approximate surface area is 356 Å². The van der Waals surface area contributed by atoms with E-state index in [0.29, 0.717) is 35.8 Å². The summed E-state index contributed by atoms with van der Waals surface area (Å²) in [6, 6.07) is 15.6. The Balaban J connectivity index is 1.89. The number of aliphatic carboxylic acids is 2. The largest absolute Gasteiger partial charge is 0.478 e. The summed E-state index contributed by atoms with van der Waals surface area (Å²) in [6.45, 7) is 12.6. The first-order valence-electron chi connectivity index (χ1n) is 22.7. The van der Waals surface area contributed by atoms with E-state index in [1.54, 1.807) is 23.5 Å². The van der Waals surface area contributed by atoms with Crippen molar-refractivity contribution in [2.75, 3.05) is 23.0 Å². The summed E-state index contributed by atoms with van der Waals surface area (Å²) in [6.07, 6.45) is 26.6. The Bertz CT molecular complexity index is 1250. The summed E-state index contributed by atoms with van der Waals surface area (Å²) in [7, 11) is 0. The molecular weight excluding hydrogens is 749 g/mol. The first-order valence-corrected chi connectivity index (χ1v) is 25.0. The average Bonchev–Trinajstić information content (AvgIpc) is 3.21. The van der Waals surface area contributed by atoms with Gasteiger partial charge in [-0.05, 0) is 72.6 Å². The van der Waals surface area contributed by atoms with E-state index in [4.69, 9.17) is 9.47 Å². The second kappa shape index (κ2) is 29.0. The zero-order valence-electron chi connectivity index (χ0n) is 36.8. The number of benzene rings is 2. The normalized spacial score (nSPS) is 13.9. The summed E-state index contributed by atoms with van der Waals surface area (Å²) >= 11 is 3.36. The smallest absolute Gasteiger partial charge is 0.348 e. The number of rotatable bonds is 36. The van der Waals surface area contributed by atoms with E-state index in [1.165, 1.54) is 116 Å². The van der Waals surface area contributed by atoms with Crippen LogP contribution in [-0.2, 0) is 15.0 Å². The minimum absolute atomic E-state index is 0.365. The zero-order valence-corrected chi connectivity index (χ0v) is 38.5. The van der Waals surface area contributed by atoms with E-state index in [-0.39, 0.29) is 5.41 Å². The van der Waals surface area contributed by atoms with Gasteiger partial charge in [-0.25, -0.2) is 9.59 Å². The van der Waals surface area contributed by atoms with Crippen LogP contribution in [0.1, 0.15) is 194 Å². The molecule has 57 heavy (non-hydrogen) atoms. The van der Waals surface area contributed by atoms with Crippen molar-refractivity contribution in [3.8, 4) is 11.5 Å². The highest BCUT2D eigenvalue weighted by Gasteiger charge is 2.40. The number of hydrogen-bond donors (Lipinski definition) is 2. The molecule has 0 fully saturated rings. The topological polar surface area (TPSA) is 93.1 Å². The molecule has 0 spiro atoms. The van der Waals surface area contributed by atoms with Crippen molar-refractivity contribution in [1.29, 1.82) is 0 Å². The number of ether oxygens (including phenoxy) is 2. The first kappa shape index (κ1) is 50.8. The quantitative estimate of drug-likeness (QED) is 0.0656. The molecule has 2 aromatic rings. The number of carbonyl (C=O) groups is 2. The van der Waals surface area contributed by atoms with Gasteiger partial charge in [0.1, 0.15) is 11.5 Å². The molecule has 6 nitrogen and oxygen atoms in total. The van der Waals surface area contributed by atoms with Gasteiger partial charge in [0.2, 0.25) is 11.2 Å². The molecule has 2 N–H and O–H groups in total. The third-order valence-corrected chi connectivity index (χ3v) is 14.2. The summed E-state index contributed by atoms with van der Waals surface area (Å²) in [4.78, 5) is 25.1. The van der Waals surface area contributed by atoms with Crippen molar-refractivity contribution in [3.05, 3.63) is 59.7 Å². The van der Waals surface area contributed by atoms with Gasteiger partial charge >= 0.3 is 11.9 Å². The highest BCUT2D eigenvalue weighted by molar-refractivity contribution is 7.99. The Morgan fingerprint density at radius 1 is 0.474 bits per heavy atom. The SMILES string of the molecule is CCCCCCCCCCCCSCC(CC)(Oc1ccc(C(C)(C)c2ccc(OC(CC)(CSCCCCCCCCCCCC)C(=O)O)cc2)cc1)C(=O)O. The predicted octanol–water partition coefficient (Wildman–Crippen LogP) is 14.5. The molecule has 0 aliphatic carbocycles. The Kier molecular flexibility index (Phi) is 25.9. The second-order valence-corrected chi connectivity index (χ2v) is 18.9. The average molecular weight is 829 g/mol. The van der Waals surface area contributed by atoms with Crippen molar-refractivity contribution >= 4 is 35.5 Å². The zero-order chi connectivity index (χ0) is 41.8. The third kappa shape index (κ3) is 18.6. The van der Waals surface area contributed by atoms with Crippen LogP contribution in [0.2, 0.25) is 0 Å². The van der Waals surface area contributed by atoms with Crippen molar-refractivity contribution < 1.29 is 29.3 Å². The molecule has 2 aromatic carbocycles. The lowest BCUT2D eigenvalue weighted by atomic mass is 9.78. The Morgan fingerprint density at radius 3 is 1.02 bits per heavy atom. The van der Waals surface area contributed by atoms with E-state index in [2.05, 4.69) is 27.7 Å². The van der Waals surface area contributed by atoms with Crippen LogP contribution in [0.15, 0.2) is 48.5 Å². The van der Waals surface area contributed by atoms with Crippen molar-refractivity contribution in [1.82, 2.24) is 0 Å². The summed E-state index contributed by atoms with van der Waals surface area (Å²) < 4.78 is 12.5. The van der Waals surface area contributed by atoms with E-state index >= 15 is 0 Å². The fourth-order valence-electron chi connectivity index (χ4n) is 7.27. The molecule has 0 saturated heterocycles. The Hall–Kier alpha value is -2.32. The minimum Gasteiger partial charge on any atom is -0.478 e. The maximum atomic E-state index is 12.5. The van der Waals surface area contributed by atoms with Gasteiger partial charge in [-0.2, -0.15) is 23.5 Å². The second-order valence-electron chi connectivity index (χ2n) is 16.7. The molecule has 2 atom stereocenters. The van der Waals surface area contributed by atoms with Crippen LogP contribution in [-0.4, -0.2) is 56.4 Å². The lowest BCUT2D eigenvalue weighted by Crippen LogP contribution is -2.46. The van der Waals surface area contributed by atoms with Gasteiger partial charge in [-0.15, -0.1) is 0 Å². The summed E-state index contributed by atoms with van der Waals surface area (Å²) in [5, 5.41) is 20.5. The minimum atomic E-state index is -1.27. The summed E-state index contributed by atoms with van der Waals surface area (Å²) in [5.74, 6) is 1.98. The van der Waals surface area contributed by atoms with Gasteiger partial charge in [0.15, 0.2) is 0 Å². The molecule has 0 aromatic heterocycles. The van der Waals surface area contributed by atoms with Crippen LogP contribution >= 0.6 is 23.5 Å². The van der Waals surface area contributed by atoms with Crippen LogP contribution in [0.4, 0.5) is 0 Å². The maximum absolute atomic E-state index is 12.5. The molecule has 0 amide bonds. The van der Waals surface area contributed by atoms with Crippen molar-refractivity contribution in [3.63, 3.8) is 0 Å². The third-order valence-electron chi connectivity index (χ3n) is 11.7. The Morgan fingerprint density at radius 2 is 0.754 bits per heavy atom. The molecule has 0 saturated carbocycles. The van der Waals surface area contributed by atoms with Gasteiger partial charge in [0.25, 0.3) is 0 Å². The number of carboxylic acids is 2. The van der Waals surface area contributed by atoms with Crippen LogP contribution in [0.3, 0.4) is 0 Å². The van der Waals surface area contributed by atoms with Crippen molar-refractivity contribution in [2.24, 2.45) is 0 Å². The van der Waals surface area contributed by atoms with E-state index in [9.17, 15) is 19.8 Å². The predicted molar refractivity (Wildman–Crippen MR) is 246 cm³/mol. The molecule has 0 aliphatic rings. The number of thioether (sulfide) groups is 2. The van der Waals surface area contributed by atoms with Gasteiger partial charge < -0.3 is 19.7 Å². The monoisotopic (exact) mass is 829 g/mol. The van der Waals surface area contributed by atoms with Crippen LogP contribution < -0.4 is 9.47 Å². The maximum Gasteiger partial charge on any atom is 0.348 e. The molecule has 0 heterocycles. The summed E-state index contributed by atoms with van der Waals surface area (Å²) in [5.41, 5.74) is -0.784. The lowest BCUT2D eigenvalue weighted by Gasteiger charge is -2.31. The molecule has 2 unspecified atom stereocenters. The van der Waals surface area contributed by atoms with Gasteiger partial charge in [0, 0.05) is 16.9 Å². The molecule has 324 valence electrons. The van der Waals surface area contributed by atoms with Crippen LogP contribution in [0.25, 0.3) is 0 Å². The molecule has 0 radical (unpaired) electrons. The van der Waals surface area contributed by atoms with Gasteiger partial charge in [0.05, 0.1) is 0 Å². The lowest BCUT2D eigenvalue weighted by molar-refractivity contribution is -0.154. The van der Waals surface area contributed by atoms with E-state index < -0.39 is 23.1 Å². The number of unbranched alkanes of at least 4 members (excludes halogenated alkanes) is 18. The van der Waals surface area contributed by atoms with E-state index in [1.807, 2.05) is 62.4 Å². The number of hydrogen-bond acceptors (Lipinski definition) is 6. The standard InChI is InChI=1S/C49H80O6S2/c1-7-11-13-15-17-19-21-23-25-27-37-56-39-48(9-3,45(50)51)54-43-33-29-41(30-34-43)47(5,6)42-31-35-44(36-32-42)55-49(10-4,46(52)53)40-57-38-28-26-24-22-20-18-16-14-12-8-2/h29-36H,7-28,37-40H2,1-6H3,(H,50,51)(H,52,53). The highest BCUT2D eigenvalue weighted by atomic mass is 32.2. The molecule has 8 heteroatoms. The van der Waals surface area contributed by atoms with Crippen LogP contribution in [0, 0.1) is 0 Å². The molecule has 2 rings (SSSR count).